The van der Waals surface area contributed by atoms with Crippen molar-refractivity contribution in [1.29, 1.82) is 0 Å². The molecule has 0 bridgehead atoms. The van der Waals surface area contributed by atoms with Gasteiger partial charge in [-0.25, -0.2) is 0 Å². The van der Waals surface area contributed by atoms with Crippen LogP contribution in [0.3, 0.4) is 0 Å². The molecule has 1 aliphatic heterocycles. The number of nitrogens with zero attached hydrogens (tertiary/aromatic N) is 1. The van der Waals surface area contributed by atoms with Crippen LogP contribution in [-0.4, -0.2) is 36.5 Å². The second-order valence-corrected chi connectivity index (χ2v) is 7.65. The van der Waals surface area contributed by atoms with Crippen LogP contribution in [0.15, 0.2) is 66.2 Å². The average molecular weight is 363 g/mol. The van der Waals surface area contributed by atoms with E-state index >= 15 is 0 Å². The van der Waals surface area contributed by atoms with E-state index in [1.165, 1.54) is 11.1 Å². The van der Waals surface area contributed by atoms with E-state index < -0.39 is 0 Å². The van der Waals surface area contributed by atoms with Gasteiger partial charge < -0.3 is 5.32 Å². The number of allylic oxidation sites excluding steroid dienone is 1. The van der Waals surface area contributed by atoms with Crippen LogP contribution >= 0.6 is 0 Å². The Morgan fingerprint density at radius 3 is 2.41 bits per heavy atom. The van der Waals surface area contributed by atoms with E-state index in [0.29, 0.717) is 0 Å². The van der Waals surface area contributed by atoms with Crippen molar-refractivity contribution in [3.05, 3.63) is 82.9 Å². The molecule has 0 atom stereocenters. The zero-order chi connectivity index (χ0) is 19.1. The maximum atomic E-state index is 12.9. The number of nitrogens with one attached hydrogen (secondary N) is 1. The van der Waals surface area contributed by atoms with E-state index in [4.69, 9.17) is 0 Å². The van der Waals surface area contributed by atoms with Gasteiger partial charge in [0.15, 0.2) is 0 Å². The monoisotopic (exact) mass is 362 g/mol. The number of amides is 1. The van der Waals surface area contributed by atoms with Crippen molar-refractivity contribution in [2.24, 2.45) is 0 Å². The first-order chi connectivity index (χ1) is 13.1. The summed E-state index contributed by atoms with van der Waals surface area (Å²) in [4.78, 5) is 15.3. The molecule has 1 aliphatic rings. The lowest BCUT2D eigenvalue weighted by Crippen LogP contribution is -2.44. The van der Waals surface area contributed by atoms with E-state index in [0.717, 1.165) is 50.0 Å². The first kappa shape index (κ1) is 19.4. The Labute approximate surface area is 163 Å². The lowest BCUT2D eigenvalue weighted by Gasteiger charge is -2.31. The normalized spacial score (nSPS) is 15.3. The summed E-state index contributed by atoms with van der Waals surface area (Å²) in [5.41, 5.74) is 4.47. The van der Waals surface area contributed by atoms with Gasteiger partial charge in [0.05, 0.1) is 0 Å². The van der Waals surface area contributed by atoms with Crippen molar-refractivity contribution in [3.8, 4) is 0 Å². The van der Waals surface area contributed by atoms with Gasteiger partial charge in [0.2, 0.25) is 0 Å². The topological polar surface area (TPSA) is 32.3 Å². The van der Waals surface area contributed by atoms with Gasteiger partial charge in [-0.15, -0.1) is 0 Å². The van der Waals surface area contributed by atoms with E-state index in [9.17, 15) is 4.79 Å². The summed E-state index contributed by atoms with van der Waals surface area (Å²) in [5, 5.41) is 3.27. The molecule has 27 heavy (non-hydrogen) atoms. The second kappa shape index (κ2) is 9.52. The fraction of sp³-hybridized carbons (Fsp3) is 0.375. The predicted octanol–water partition coefficient (Wildman–Crippen LogP) is 4.44. The van der Waals surface area contributed by atoms with E-state index in [2.05, 4.69) is 48.3 Å². The second-order valence-electron chi connectivity index (χ2n) is 7.65. The van der Waals surface area contributed by atoms with E-state index in [-0.39, 0.29) is 11.9 Å². The number of benzene rings is 2. The third-order valence-corrected chi connectivity index (χ3v) is 5.18. The first-order valence-corrected chi connectivity index (χ1v) is 9.90. The Balaban J connectivity index is 1.58. The van der Waals surface area contributed by atoms with Gasteiger partial charge in [-0.1, -0.05) is 60.2 Å². The molecule has 2 aromatic rings. The molecule has 0 unspecified atom stereocenters. The Kier molecular flexibility index (Phi) is 6.83. The molecule has 3 rings (SSSR count). The molecular weight excluding hydrogens is 332 g/mol. The van der Waals surface area contributed by atoms with Gasteiger partial charge in [0.1, 0.15) is 0 Å². The van der Waals surface area contributed by atoms with Crippen LogP contribution in [0.4, 0.5) is 0 Å². The van der Waals surface area contributed by atoms with Gasteiger partial charge in [0, 0.05) is 31.2 Å². The van der Waals surface area contributed by atoms with Gasteiger partial charge in [0.25, 0.3) is 5.91 Å². The molecule has 1 amide bonds. The van der Waals surface area contributed by atoms with Crippen molar-refractivity contribution < 1.29 is 4.79 Å². The minimum Gasteiger partial charge on any atom is -0.349 e. The van der Waals surface area contributed by atoms with Crippen LogP contribution in [0.25, 0.3) is 0 Å². The predicted molar refractivity (Wildman–Crippen MR) is 112 cm³/mol. The standard InChI is InChI=1S/C24H30N2O/c1-19(2)12-15-26-16-13-22(14-17-26)25-24(27)23-11-7-6-10-21(23)18-20-8-4-3-5-9-20/h3-12,22H,13-18H2,1-2H3,(H,25,27). The highest BCUT2D eigenvalue weighted by atomic mass is 16.1. The molecule has 1 saturated heterocycles. The molecule has 0 aliphatic carbocycles. The number of carbonyl (C=O) groups is 1. The highest BCUT2D eigenvalue weighted by Crippen LogP contribution is 2.16. The molecule has 0 spiro atoms. The highest BCUT2D eigenvalue weighted by Gasteiger charge is 2.21. The molecule has 3 heteroatoms. The van der Waals surface area contributed by atoms with Crippen molar-refractivity contribution in [2.75, 3.05) is 19.6 Å². The van der Waals surface area contributed by atoms with Crippen LogP contribution < -0.4 is 5.32 Å². The quantitative estimate of drug-likeness (QED) is 0.771. The Morgan fingerprint density at radius 1 is 1.04 bits per heavy atom. The summed E-state index contributed by atoms with van der Waals surface area (Å²) >= 11 is 0. The third kappa shape index (κ3) is 5.80. The zero-order valence-electron chi connectivity index (χ0n) is 16.4. The van der Waals surface area contributed by atoms with Crippen LogP contribution in [-0.2, 0) is 6.42 Å². The molecule has 1 N–H and O–H groups in total. The smallest absolute Gasteiger partial charge is 0.251 e. The molecule has 0 saturated carbocycles. The van der Waals surface area contributed by atoms with Crippen molar-refractivity contribution in [2.45, 2.75) is 39.2 Å². The van der Waals surface area contributed by atoms with Gasteiger partial charge in [-0.05, 0) is 50.3 Å². The summed E-state index contributed by atoms with van der Waals surface area (Å²) in [6.45, 7) is 7.38. The number of piperidine rings is 1. The van der Waals surface area contributed by atoms with Crippen LogP contribution in [0, 0.1) is 0 Å². The molecule has 0 radical (unpaired) electrons. The molecular formula is C24H30N2O. The summed E-state index contributed by atoms with van der Waals surface area (Å²) in [5.74, 6) is 0.0595. The fourth-order valence-corrected chi connectivity index (χ4v) is 3.55. The number of likely N-dealkylation sites (tertiary alicyclic amines) is 1. The number of hydrogen-bond donors (Lipinski definition) is 1. The Bertz CT molecular complexity index is 770. The molecule has 0 aromatic heterocycles. The number of carbonyl (C=O) groups excluding carboxylic acids is 1. The Morgan fingerprint density at radius 2 is 1.70 bits per heavy atom. The number of hydrogen-bond acceptors (Lipinski definition) is 2. The van der Waals surface area contributed by atoms with Crippen LogP contribution in [0.5, 0.6) is 0 Å². The third-order valence-electron chi connectivity index (χ3n) is 5.18. The van der Waals surface area contributed by atoms with E-state index in [1.807, 2.05) is 36.4 Å². The van der Waals surface area contributed by atoms with Crippen LogP contribution in [0.2, 0.25) is 0 Å². The van der Waals surface area contributed by atoms with Crippen molar-refractivity contribution in [3.63, 3.8) is 0 Å². The molecule has 3 nitrogen and oxygen atoms in total. The van der Waals surface area contributed by atoms with Crippen molar-refractivity contribution >= 4 is 5.91 Å². The lowest BCUT2D eigenvalue weighted by atomic mass is 9.98. The average Bonchev–Trinajstić information content (AvgIpc) is 2.68. The van der Waals surface area contributed by atoms with Gasteiger partial charge in [-0.3, -0.25) is 9.69 Å². The first-order valence-electron chi connectivity index (χ1n) is 9.90. The molecule has 142 valence electrons. The SMILES string of the molecule is CC(C)=CCN1CCC(NC(=O)c2ccccc2Cc2ccccc2)CC1. The highest BCUT2D eigenvalue weighted by molar-refractivity contribution is 5.96. The van der Waals surface area contributed by atoms with Gasteiger partial charge >= 0.3 is 0 Å². The zero-order valence-corrected chi connectivity index (χ0v) is 16.4. The maximum Gasteiger partial charge on any atom is 0.251 e. The molecule has 2 aromatic carbocycles. The number of rotatable bonds is 6. The minimum atomic E-state index is 0.0595. The summed E-state index contributed by atoms with van der Waals surface area (Å²) < 4.78 is 0. The Hall–Kier alpha value is -2.39. The largest absolute Gasteiger partial charge is 0.349 e. The molecule has 1 fully saturated rings. The summed E-state index contributed by atoms with van der Waals surface area (Å²) in [7, 11) is 0. The summed E-state index contributed by atoms with van der Waals surface area (Å²) in [6.07, 6.45) is 5.09. The maximum absolute atomic E-state index is 12.9. The van der Waals surface area contributed by atoms with Crippen LogP contribution in [0.1, 0.15) is 48.2 Å². The van der Waals surface area contributed by atoms with E-state index in [1.54, 1.807) is 0 Å². The van der Waals surface area contributed by atoms with Gasteiger partial charge in [-0.2, -0.15) is 0 Å². The minimum absolute atomic E-state index is 0.0595. The lowest BCUT2D eigenvalue weighted by molar-refractivity contribution is 0.0913. The molecule has 1 heterocycles. The summed E-state index contributed by atoms with van der Waals surface area (Å²) in [6, 6.07) is 18.6. The van der Waals surface area contributed by atoms with Crippen molar-refractivity contribution in [1.82, 2.24) is 10.2 Å². The fourth-order valence-electron chi connectivity index (χ4n) is 3.55.